The lowest BCUT2D eigenvalue weighted by atomic mass is 10.2. The highest BCUT2D eigenvalue weighted by Gasteiger charge is 2.16. The average Bonchev–Trinajstić information content (AvgIpc) is 3.48. The van der Waals surface area contributed by atoms with Gasteiger partial charge in [0.25, 0.3) is 11.4 Å². The second kappa shape index (κ2) is 8.37. The summed E-state index contributed by atoms with van der Waals surface area (Å²) in [6, 6.07) is 18.8. The van der Waals surface area contributed by atoms with E-state index in [1.807, 2.05) is 66.0 Å². The first-order valence-corrected chi connectivity index (χ1v) is 11.2. The first-order chi connectivity index (χ1) is 15.2. The molecule has 0 saturated heterocycles. The first kappa shape index (κ1) is 19.5. The van der Waals surface area contributed by atoms with Crippen LogP contribution in [0.3, 0.4) is 0 Å². The molecule has 3 aromatic heterocycles. The third kappa shape index (κ3) is 3.85. The van der Waals surface area contributed by atoms with Gasteiger partial charge >= 0.3 is 0 Å². The number of thiophene rings is 1. The number of hydrogen-bond donors (Lipinski definition) is 0. The summed E-state index contributed by atoms with van der Waals surface area (Å²) >= 11 is 2.79. The van der Waals surface area contributed by atoms with Crippen molar-refractivity contribution in [2.75, 3.05) is 7.11 Å². The molecule has 0 aliphatic heterocycles. The molecule has 0 aliphatic rings. The van der Waals surface area contributed by atoms with Crippen molar-refractivity contribution in [1.29, 1.82) is 0 Å². The largest absolute Gasteiger partial charge is 0.497 e. The van der Waals surface area contributed by atoms with Gasteiger partial charge in [0, 0.05) is 5.56 Å². The van der Waals surface area contributed by atoms with Gasteiger partial charge in [0.05, 0.1) is 24.1 Å². The molecule has 0 aliphatic carbocycles. The van der Waals surface area contributed by atoms with Gasteiger partial charge in [-0.2, -0.15) is 4.98 Å². The van der Waals surface area contributed by atoms with Gasteiger partial charge < -0.3 is 9.26 Å². The van der Waals surface area contributed by atoms with Crippen molar-refractivity contribution < 1.29 is 9.26 Å². The number of hydrogen-bond acceptors (Lipinski definition) is 8. The van der Waals surface area contributed by atoms with Crippen LogP contribution in [-0.4, -0.2) is 26.8 Å². The van der Waals surface area contributed by atoms with Crippen LogP contribution in [-0.2, 0) is 5.75 Å². The number of rotatable bonds is 6. The number of benzene rings is 2. The lowest BCUT2D eigenvalue weighted by Crippen LogP contribution is -2.20. The average molecular weight is 449 g/mol. The summed E-state index contributed by atoms with van der Waals surface area (Å²) in [6.07, 6.45) is 0. The van der Waals surface area contributed by atoms with Crippen molar-refractivity contribution in [2.24, 2.45) is 0 Å². The van der Waals surface area contributed by atoms with Gasteiger partial charge in [0.15, 0.2) is 11.0 Å². The molecule has 0 N–H and O–H groups in total. The minimum atomic E-state index is -0.0827. The fourth-order valence-corrected chi connectivity index (χ4v) is 4.70. The fraction of sp³-hybridized carbons (Fsp3) is 0.0909. The Labute approximate surface area is 185 Å². The number of ether oxygens (including phenoxy) is 1. The Morgan fingerprint density at radius 1 is 1.06 bits per heavy atom. The van der Waals surface area contributed by atoms with Gasteiger partial charge in [-0.15, -0.1) is 11.3 Å². The summed E-state index contributed by atoms with van der Waals surface area (Å²) in [5.74, 6) is 2.12. The van der Waals surface area contributed by atoms with Gasteiger partial charge in [-0.25, -0.2) is 4.98 Å². The van der Waals surface area contributed by atoms with Crippen LogP contribution in [0.15, 0.2) is 80.5 Å². The number of nitrogens with zero attached hydrogens (tertiary/aromatic N) is 4. The Morgan fingerprint density at radius 3 is 2.65 bits per heavy atom. The van der Waals surface area contributed by atoms with Crippen LogP contribution < -0.4 is 10.3 Å². The summed E-state index contributed by atoms with van der Waals surface area (Å²) in [5.41, 5.74) is 2.19. The van der Waals surface area contributed by atoms with Crippen molar-refractivity contribution in [3.8, 4) is 22.9 Å². The highest BCUT2D eigenvalue weighted by atomic mass is 32.2. The Kier molecular flexibility index (Phi) is 5.27. The minimum Gasteiger partial charge on any atom is -0.497 e. The second-order valence-electron chi connectivity index (χ2n) is 6.54. The Balaban J connectivity index is 1.45. The number of fused-ring (bicyclic) bond motifs is 1. The van der Waals surface area contributed by atoms with Gasteiger partial charge in [0.1, 0.15) is 10.4 Å². The molecule has 5 aromatic rings. The topological polar surface area (TPSA) is 83.0 Å². The third-order valence-electron chi connectivity index (χ3n) is 4.60. The van der Waals surface area contributed by atoms with Gasteiger partial charge in [-0.05, 0) is 47.8 Å². The smallest absolute Gasteiger partial charge is 0.276 e. The maximum absolute atomic E-state index is 13.1. The van der Waals surface area contributed by atoms with E-state index in [9.17, 15) is 4.79 Å². The van der Waals surface area contributed by atoms with Crippen LogP contribution in [0, 0.1) is 0 Å². The van der Waals surface area contributed by atoms with E-state index < -0.39 is 0 Å². The van der Waals surface area contributed by atoms with Crippen molar-refractivity contribution in [3.63, 3.8) is 0 Å². The molecule has 0 saturated carbocycles. The van der Waals surface area contributed by atoms with Crippen LogP contribution in [0.2, 0.25) is 0 Å². The molecule has 0 spiro atoms. The second-order valence-corrected chi connectivity index (χ2v) is 8.40. The molecule has 0 atom stereocenters. The number of aromatic nitrogens is 4. The molecular weight excluding hydrogens is 432 g/mol. The van der Waals surface area contributed by atoms with E-state index in [0.29, 0.717) is 32.8 Å². The molecule has 0 bridgehead atoms. The van der Waals surface area contributed by atoms with Crippen molar-refractivity contribution in [2.45, 2.75) is 10.9 Å². The van der Waals surface area contributed by atoms with Crippen LogP contribution in [0.4, 0.5) is 0 Å². The number of methoxy groups -OCH3 is 1. The van der Waals surface area contributed by atoms with Crippen LogP contribution in [0.1, 0.15) is 5.82 Å². The summed E-state index contributed by atoms with van der Waals surface area (Å²) in [6.45, 7) is 0. The van der Waals surface area contributed by atoms with E-state index in [1.54, 1.807) is 11.7 Å². The van der Waals surface area contributed by atoms with E-state index in [1.165, 1.54) is 23.1 Å². The zero-order valence-electron chi connectivity index (χ0n) is 16.4. The molecule has 0 fully saturated rings. The van der Waals surface area contributed by atoms with E-state index in [0.717, 1.165) is 17.0 Å². The monoisotopic (exact) mass is 448 g/mol. The third-order valence-corrected chi connectivity index (χ3v) is 6.43. The maximum atomic E-state index is 13.1. The van der Waals surface area contributed by atoms with E-state index in [4.69, 9.17) is 14.2 Å². The highest BCUT2D eigenvalue weighted by molar-refractivity contribution is 7.98. The molecular formula is C22H16N4O3S2. The predicted octanol–water partition coefficient (Wildman–Crippen LogP) is 4.80. The zero-order valence-corrected chi connectivity index (χ0v) is 18.0. The molecule has 0 unspecified atom stereocenters. The molecule has 7 nitrogen and oxygen atoms in total. The Morgan fingerprint density at radius 2 is 1.87 bits per heavy atom. The van der Waals surface area contributed by atoms with Gasteiger partial charge in [-0.3, -0.25) is 9.36 Å². The maximum Gasteiger partial charge on any atom is 0.276 e. The van der Waals surface area contributed by atoms with Crippen molar-refractivity contribution in [1.82, 2.24) is 19.7 Å². The molecule has 31 heavy (non-hydrogen) atoms. The molecule has 5 rings (SSSR count). The zero-order chi connectivity index (χ0) is 21.2. The summed E-state index contributed by atoms with van der Waals surface area (Å²) in [4.78, 5) is 22.3. The first-order valence-electron chi connectivity index (χ1n) is 9.38. The molecule has 2 aromatic carbocycles. The predicted molar refractivity (Wildman–Crippen MR) is 121 cm³/mol. The molecule has 3 heterocycles. The minimum absolute atomic E-state index is 0.0827. The van der Waals surface area contributed by atoms with E-state index in [-0.39, 0.29) is 5.56 Å². The summed E-state index contributed by atoms with van der Waals surface area (Å²) in [7, 11) is 1.62. The molecule has 9 heteroatoms. The SMILES string of the molecule is COc1ccc(-c2nc(CSc3nc4ccsc4c(=O)n3-c3ccccc3)no2)cc1. The lowest BCUT2D eigenvalue weighted by molar-refractivity contribution is 0.414. The number of para-hydroxylation sites is 1. The fourth-order valence-electron chi connectivity index (χ4n) is 3.09. The van der Waals surface area contributed by atoms with Crippen LogP contribution >= 0.6 is 23.1 Å². The number of thioether (sulfide) groups is 1. The highest BCUT2D eigenvalue weighted by Crippen LogP contribution is 2.27. The summed E-state index contributed by atoms with van der Waals surface area (Å²) < 4.78 is 12.8. The normalized spacial score (nSPS) is 11.1. The lowest BCUT2D eigenvalue weighted by Gasteiger charge is -2.11. The summed E-state index contributed by atoms with van der Waals surface area (Å²) in [5, 5.41) is 6.54. The standard InChI is InChI=1S/C22H16N4O3S2/c1-28-16-9-7-14(8-10-16)20-24-18(25-29-20)13-31-22-23-17-11-12-30-19(17)21(27)26(22)15-5-3-2-4-6-15/h2-12H,13H2,1H3. The van der Waals surface area contributed by atoms with Gasteiger partial charge in [-0.1, -0.05) is 35.1 Å². The molecule has 154 valence electrons. The van der Waals surface area contributed by atoms with Crippen molar-refractivity contribution >= 4 is 33.3 Å². The van der Waals surface area contributed by atoms with E-state index >= 15 is 0 Å². The van der Waals surface area contributed by atoms with Crippen LogP contribution in [0.5, 0.6) is 5.75 Å². The molecule has 0 radical (unpaired) electrons. The van der Waals surface area contributed by atoms with Crippen molar-refractivity contribution in [3.05, 3.63) is 82.2 Å². The molecule has 0 amide bonds. The Bertz CT molecular complexity index is 1390. The van der Waals surface area contributed by atoms with E-state index in [2.05, 4.69) is 10.1 Å². The Hall–Kier alpha value is -3.43. The van der Waals surface area contributed by atoms with Crippen LogP contribution in [0.25, 0.3) is 27.4 Å². The van der Waals surface area contributed by atoms with Gasteiger partial charge in [0.2, 0.25) is 0 Å². The quantitative estimate of drug-likeness (QED) is 0.273.